The summed E-state index contributed by atoms with van der Waals surface area (Å²) in [5, 5.41) is 11.6. The molecule has 1 aromatic carbocycles. The van der Waals surface area contributed by atoms with Gasteiger partial charge in [0.05, 0.1) is 23.6 Å². The lowest BCUT2D eigenvalue weighted by Crippen LogP contribution is -2.30. The summed E-state index contributed by atoms with van der Waals surface area (Å²) in [6, 6.07) is 3.21. The third-order valence-electron chi connectivity index (χ3n) is 3.78. The largest absolute Gasteiger partial charge is 0.481 e. The van der Waals surface area contributed by atoms with Gasteiger partial charge in [0.15, 0.2) is 0 Å². The van der Waals surface area contributed by atoms with Gasteiger partial charge in [-0.25, -0.2) is 4.39 Å². The minimum atomic E-state index is -1.08. The van der Waals surface area contributed by atoms with Crippen LogP contribution in [-0.2, 0) is 14.3 Å². The van der Waals surface area contributed by atoms with Gasteiger partial charge >= 0.3 is 5.97 Å². The second kappa shape index (κ2) is 8.26. The quantitative estimate of drug-likeness (QED) is 0.797. The number of carbonyl (C=O) groups is 2. The highest BCUT2D eigenvalue weighted by Crippen LogP contribution is 2.23. The van der Waals surface area contributed by atoms with E-state index in [1.54, 1.807) is 0 Å². The maximum atomic E-state index is 13.6. The van der Waals surface area contributed by atoms with Gasteiger partial charge in [0.2, 0.25) is 5.91 Å². The molecule has 126 valence electrons. The van der Waals surface area contributed by atoms with Crippen molar-refractivity contribution in [1.82, 2.24) is 5.32 Å². The van der Waals surface area contributed by atoms with Crippen LogP contribution in [-0.4, -0.2) is 29.7 Å². The first-order valence-electron chi connectivity index (χ1n) is 7.53. The normalized spacial score (nSPS) is 18.6. The van der Waals surface area contributed by atoms with E-state index < -0.39 is 17.8 Å². The minimum Gasteiger partial charge on any atom is -0.481 e. The highest BCUT2D eigenvalue weighted by Gasteiger charge is 2.21. The van der Waals surface area contributed by atoms with Gasteiger partial charge in [-0.05, 0) is 37.0 Å². The molecule has 0 aromatic heterocycles. The van der Waals surface area contributed by atoms with Crippen molar-refractivity contribution < 1.29 is 23.8 Å². The summed E-state index contributed by atoms with van der Waals surface area (Å²) in [7, 11) is 0. The van der Waals surface area contributed by atoms with Crippen molar-refractivity contribution in [2.24, 2.45) is 0 Å². The first-order chi connectivity index (χ1) is 11.0. The molecule has 1 aromatic rings. The zero-order valence-corrected chi connectivity index (χ0v) is 13.3. The summed E-state index contributed by atoms with van der Waals surface area (Å²) in [5.41, 5.74) is 0.375. The number of aliphatic carboxylic acids is 1. The Hall–Kier alpha value is -1.66. The van der Waals surface area contributed by atoms with Gasteiger partial charge in [0, 0.05) is 13.0 Å². The Balaban J connectivity index is 1.98. The molecule has 5 nitrogen and oxygen atoms in total. The number of carboxylic acids is 1. The van der Waals surface area contributed by atoms with E-state index in [1.807, 2.05) is 0 Å². The van der Waals surface area contributed by atoms with Crippen LogP contribution in [0.2, 0.25) is 5.02 Å². The molecule has 23 heavy (non-hydrogen) atoms. The number of hydrogen-bond acceptors (Lipinski definition) is 3. The van der Waals surface area contributed by atoms with E-state index in [9.17, 15) is 14.0 Å². The molecular weight excluding hydrogens is 325 g/mol. The Morgan fingerprint density at radius 1 is 1.48 bits per heavy atom. The molecule has 2 rings (SSSR count). The highest BCUT2D eigenvalue weighted by molar-refractivity contribution is 6.30. The maximum Gasteiger partial charge on any atom is 0.305 e. The third-order valence-corrected chi connectivity index (χ3v) is 4.08. The van der Waals surface area contributed by atoms with Crippen LogP contribution >= 0.6 is 11.6 Å². The summed E-state index contributed by atoms with van der Waals surface area (Å²) < 4.78 is 19.0. The molecule has 0 radical (unpaired) electrons. The van der Waals surface area contributed by atoms with E-state index in [4.69, 9.17) is 21.4 Å². The molecule has 1 heterocycles. The van der Waals surface area contributed by atoms with Gasteiger partial charge in [-0.2, -0.15) is 0 Å². The van der Waals surface area contributed by atoms with Crippen molar-refractivity contribution >= 4 is 23.5 Å². The van der Waals surface area contributed by atoms with E-state index in [1.165, 1.54) is 12.1 Å². The lowest BCUT2D eigenvalue weighted by atomic mass is 10.0. The third kappa shape index (κ3) is 5.48. The van der Waals surface area contributed by atoms with Crippen molar-refractivity contribution in [3.63, 3.8) is 0 Å². The van der Waals surface area contributed by atoms with Crippen LogP contribution in [0.25, 0.3) is 0 Å². The fourth-order valence-corrected chi connectivity index (χ4v) is 2.70. The molecule has 1 aliphatic rings. The predicted octanol–water partition coefficient (Wildman–Crippen LogP) is 3.07. The number of halogens is 2. The molecule has 1 amide bonds. The molecule has 1 aliphatic heterocycles. The van der Waals surface area contributed by atoms with E-state index in [0.717, 1.165) is 25.5 Å². The second-order valence-electron chi connectivity index (χ2n) is 5.57. The Bertz CT molecular complexity index is 575. The molecular formula is C16H19ClFNO4. The van der Waals surface area contributed by atoms with Crippen LogP contribution in [0.1, 0.15) is 43.7 Å². The molecule has 0 bridgehead atoms. The van der Waals surface area contributed by atoms with E-state index in [-0.39, 0.29) is 29.9 Å². The molecule has 2 atom stereocenters. The molecule has 1 fully saturated rings. The first-order valence-corrected chi connectivity index (χ1v) is 7.91. The topological polar surface area (TPSA) is 75.6 Å². The highest BCUT2D eigenvalue weighted by atomic mass is 35.5. The lowest BCUT2D eigenvalue weighted by Gasteiger charge is -2.18. The van der Waals surface area contributed by atoms with E-state index in [0.29, 0.717) is 12.0 Å². The minimum absolute atomic E-state index is 0.0486. The van der Waals surface area contributed by atoms with Gasteiger partial charge < -0.3 is 15.2 Å². The van der Waals surface area contributed by atoms with Crippen molar-refractivity contribution in [2.75, 3.05) is 6.61 Å². The zero-order chi connectivity index (χ0) is 16.8. The fraction of sp³-hybridized carbons (Fsp3) is 0.500. The number of hydrogen-bond donors (Lipinski definition) is 2. The smallest absolute Gasteiger partial charge is 0.305 e. The molecule has 2 unspecified atom stereocenters. The number of ether oxygens (including phenoxy) is 1. The molecule has 0 saturated carbocycles. The average Bonchev–Trinajstić information content (AvgIpc) is 3.00. The van der Waals surface area contributed by atoms with Gasteiger partial charge in [0.25, 0.3) is 0 Å². The first kappa shape index (κ1) is 17.7. The summed E-state index contributed by atoms with van der Waals surface area (Å²) in [5.74, 6) is -2.00. The predicted molar refractivity (Wildman–Crippen MR) is 82.8 cm³/mol. The van der Waals surface area contributed by atoms with Crippen molar-refractivity contribution in [1.29, 1.82) is 0 Å². The average molecular weight is 344 g/mol. The van der Waals surface area contributed by atoms with Gasteiger partial charge in [-0.3, -0.25) is 9.59 Å². The molecule has 2 N–H and O–H groups in total. The summed E-state index contributed by atoms with van der Waals surface area (Å²) >= 11 is 5.63. The molecule has 0 aliphatic carbocycles. The van der Waals surface area contributed by atoms with E-state index >= 15 is 0 Å². The number of rotatable bonds is 7. The summed E-state index contributed by atoms with van der Waals surface area (Å²) in [6.45, 7) is 0.720. The fourth-order valence-electron chi connectivity index (χ4n) is 2.59. The van der Waals surface area contributed by atoms with Crippen LogP contribution in [0.15, 0.2) is 18.2 Å². The Kier molecular flexibility index (Phi) is 6.36. The number of carboxylic acid groups (broad SMARTS) is 1. The monoisotopic (exact) mass is 343 g/mol. The Morgan fingerprint density at radius 3 is 2.87 bits per heavy atom. The number of nitrogens with one attached hydrogen (secondary N) is 1. The van der Waals surface area contributed by atoms with Crippen LogP contribution in [0, 0.1) is 5.82 Å². The summed E-state index contributed by atoms with van der Waals surface area (Å²) in [6.07, 6.45) is 2.54. The maximum absolute atomic E-state index is 13.6. The lowest BCUT2D eigenvalue weighted by molar-refractivity contribution is -0.137. The van der Waals surface area contributed by atoms with Crippen molar-refractivity contribution in [2.45, 2.75) is 44.2 Å². The van der Waals surface area contributed by atoms with Crippen LogP contribution < -0.4 is 5.32 Å². The SMILES string of the molecule is O=C(O)CC(NC(=O)CCC1CCCO1)c1ccc(Cl)c(F)c1. The summed E-state index contributed by atoms with van der Waals surface area (Å²) in [4.78, 5) is 23.0. The zero-order valence-electron chi connectivity index (χ0n) is 12.6. The molecule has 1 saturated heterocycles. The van der Waals surface area contributed by atoms with Crippen molar-refractivity contribution in [3.8, 4) is 0 Å². The number of carbonyl (C=O) groups excluding carboxylic acids is 1. The number of benzene rings is 1. The van der Waals surface area contributed by atoms with Crippen LogP contribution in [0.4, 0.5) is 4.39 Å². The van der Waals surface area contributed by atoms with Gasteiger partial charge in [-0.1, -0.05) is 17.7 Å². The molecule has 7 heteroatoms. The van der Waals surface area contributed by atoms with Crippen LogP contribution in [0.3, 0.4) is 0 Å². The van der Waals surface area contributed by atoms with Crippen molar-refractivity contribution in [3.05, 3.63) is 34.6 Å². The number of amides is 1. The molecule has 0 spiro atoms. The van der Waals surface area contributed by atoms with Gasteiger partial charge in [0.1, 0.15) is 5.82 Å². The second-order valence-corrected chi connectivity index (χ2v) is 5.97. The Morgan fingerprint density at radius 2 is 2.26 bits per heavy atom. The van der Waals surface area contributed by atoms with E-state index in [2.05, 4.69) is 5.32 Å². The Labute approximate surface area is 138 Å². The standard InChI is InChI=1S/C16H19ClFNO4/c17-12-5-3-10(8-13(12)18)14(9-16(21)22)19-15(20)6-4-11-2-1-7-23-11/h3,5,8,11,14H,1-2,4,6-7,9H2,(H,19,20)(H,21,22). The van der Waals surface area contributed by atoms with Crippen LogP contribution in [0.5, 0.6) is 0 Å². The van der Waals surface area contributed by atoms with Gasteiger partial charge in [-0.15, -0.1) is 0 Å².